The summed E-state index contributed by atoms with van der Waals surface area (Å²) in [6.45, 7) is 13.9. The van der Waals surface area contributed by atoms with E-state index in [9.17, 15) is 0 Å². The van der Waals surface area contributed by atoms with Crippen molar-refractivity contribution in [2.45, 2.75) is 44.1 Å². The molecule has 0 bridgehead atoms. The van der Waals surface area contributed by atoms with Gasteiger partial charge in [-0.05, 0) is 92.2 Å². The molecule has 2 aromatic carbocycles. The van der Waals surface area contributed by atoms with E-state index in [4.69, 9.17) is 11.6 Å². The number of benzene rings is 2. The fraction of sp³-hybridized carbons (Fsp3) is 0.429. The molecule has 1 saturated heterocycles. The number of piperidine rings is 1. The lowest BCUT2D eigenvalue weighted by Crippen LogP contribution is -2.43. The molecule has 0 atom stereocenters. The van der Waals surface area contributed by atoms with Gasteiger partial charge in [0, 0.05) is 42.0 Å². The van der Waals surface area contributed by atoms with E-state index in [2.05, 4.69) is 63.9 Å². The van der Waals surface area contributed by atoms with Crippen LogP contribution in [-0.4, -0.2) is 43.0 Å². The van der Waals surface area contributed by atoms with Crippen molar-refractivity contribution in [2.24, 2.45) is 0 Å². The van der Waals surface area contributed by atoms with Crippen LogP contribution in [0.15, 0.2) is 61.1 Å². The normalized spacial score (nSPS) is 19.2. The zero-order valence-corrected chi connectivity index (χ0v) is 20.5. The second kappa shape index (κ2) is 9.08. The molecule has 0 radical (unpaired) electrons. The molecule has 0 saturated carbocycles. The smallest absolute Gasteiger partial charge is 0.0939 e. The number of nitrogens with zero attached hydrogens (tertiary/aromatic N) is 2. The summed E-state index contributed by atoms with van der Waals surface area (Å²) in [5.41, 5.74) is 8.13. The Kier molecular flexibility index (Phi) is 6.15. The quantitative estimate of drug-likeness (QED) is 0.610. The van der Waals surface area contributed by atoms with Crippen LogP contribution in [0, 0.1) is 0 Å². The first-order valence-electron chi connectivity index (χ1n) is 12.2. The van der Waals surface area contributed by atoms with E-state index in [1.54, 1.807) is 0 Å². The lowest BCUT2D eigenvalue weighted by Gasteiger charge is -2.40. The zero-order valence-electron chi connectivity index (χ0n) is 19.7. The van der Waals surface area contributed by atoms with Gasteiger partial charge in [0.05, 0.1) is 5.82 Å². The number of anilines is 1. The van der Waals surface area contributed by atoms with Crippen LogP contribution in [-0.2, 0) is 24.8 Å². The topological polar surface area (TPSA) is 30.5 Å². The summed E-state index contributed by atoms with van der Waals surface area (Å²) >= 11 is 6.32. The van der Waals surface area contributed by atoms with Crippen LogP contribution < -0.4 is 10.6 Å². The van der Waals surface area contributed by atoms with Crippen molar-refractivity contribution in [1.29, 1.82) is 0 Å². The van der Waals surface area contributed by atoms with Crippen LogP contribution in [0.3, 0.4) is 0 Å². The molecule has 3 aliphatic heterocycles. The van der Waals surface area contributed by atoms with Gasteiger partial charge < -0.3 is 20.4 Å². The van der Waals surface area contributed by atoms with E-state index < -0.39 is 0 Å². The molecule has 0 aromatic heterocycles. The Morgan fingerprint density at radius 3 is 2.73 bits per heavy atom. The van der Waals surface area contributed by atoms with Gasteiger partial charge in [0.25, 0.3) is 0 Å². The maximum Gasteiger partial charge on any atom is 0.0939 e. The van der Waals surface area contributed by atoms with Gasteiger partial charge in [0.2, 0.25) is 0 Å². The van der Waals surface area contributed by atoms with Crippen LogP contribution >= 0.6 is 11.6 Å². The number of aryl methyl sites for hydroxylation is 1. The average molecular weight is 463 g/mol. The Bertz CT molecular complexity index is 1070. The van der Waals surface area contributed by atoms with Crippen LogP contribution in [0.1, 0.15) is 41.5 Å². The van der Waals surface area contributed by atoms with Crippen molar-refractivity contribution in [3.05, 3.63) is 88.4 Å². The SMILES string of the molecule is C=C(NC)N1CCc2cc(CCCN3CCC4(CC3)C(=C)Nc3ccc(Cl)cc34)ccc2C1. The first-order valence-corrected chi connectivity index (χ1v) is 12.6. The van der Waals surface area contributed by atoms with E-state index >= 15 is 0 Å². The minimum absolute atomic E-state index is 0.0434. The molecule has 5 rings (SSSR count). The lowest BCUT2D eigenvalue weighted by atomic mass is 9.72. The fourth-order valence-corrected chi connectivity index (χ4v) is 6.02. The van der Waals surface area contributed by atoms with Gasteiger partial charge in [-0.2, -0.15) is 0 Å². The van der Waals surface area contributed by atoms with Gasteiger partial charge in [-0.1, -0.05) is 43.0 Å². The Hall–Kier alpha value is -2.43. The molecule has 3 heterocycles. The molecule has 0 amide bonds. The maximum absolute atomic E-state index is 6.32. The molecule has 5 heteroatoms. The molecule has 0 aliphatic carbocycles. The Balaban J connectivity index is 1.14. The number of fused-ring (bicyclic) bond motifs is 3. The van der Waals surface area contributed by atoms with Gasteiger partial charge in [-0.15, -0.1) is 0 Å². The van der Waals surface area contributed by atoms with E-state index in [1.807, 2.05) is 13.1 Å². The number of rotatable bonds is 6. The highest BCUT2D eigenvalue weighted by Gasteiger charge is 2.44. The number of allylic oxidation sites excluding steroid dienone is 1. The van der Waals surface area contributed by atoms with E-state index in [0.29, 0.717) is 0 Å². The number of hydrogen-bond acceptors (Lipinski definition) is 4. The molecule has 3 aliphatic rings. The second-order valence-corrected chi connectivity index (χ2v) is 10.2. The number of hydrogen-bond donors (Lipinski definition) is 2. The highest BCUT2D eigenvalue weighted by Crippen LogP contribution is 2.50. The average Bonchev–Trinajstić information content (AvgIpc) is 3.10. The summed E-state index contributed by atoms with van der Waals surface area (Å²) in [4.78, 5) is 4.95. The Morgan fingerprint density at radius 2 is 1.94 bits per heavy atom. The minimum Gasteiger partial charge on any atom is -0.375 e. The van der Waals surface area contributed by atoms with Gasteiger partial charge in [0.15, 0.2) is 0 Å². The predicted octanol–water partition coefficient (Wildman–Crippen LogP) is 5.29. The molecule has 4 nitrogen and oxygen atoms in total. The van der Waals surface area contributed by atoms with Crippen LogP contribution in [0.25, 0.3) is 0 Å². The van der Waals surface area contributed by atoms with Gasteiger partial charge >= 0.3 is 0 Å². The van der Waals surface area contributed by atoms with Crippen LogP contribution in [0.2, 0.25) is 5.02 Å². The highest BCUT2D eigenvalue weighted by molar-refractivity contribution is 6.30. The summed E-state index contributed by atoms with van der Waals surface area (Å²) in [6, 6.07) is 13.3. The van der Waals surface area contributed by atoms with Crippen molar-refractivity contribution in [1.82, 2.24) is 15.1 Å². The Morgan fingerprint density at radius 1 is 1.12 bits per heavy atom. The third-order valence-electron chi connectivity index (χ3n) is 7.96. The molecule has 0 unspecified atom stereocenters. The molecule has 2 N–H and O–H groups in total. The number of nitrogens with one attached hydrogen (secondary N) is 2. The number of likely N-dealkylation sites (tertiary alicyclic amines) is 1. The third-order valence-corrected chi connectivity index (χ3v) is 8.20. The van der Waals surface area contributed by atoms with Crippen molar-refractivity contribution >= 4 is 17.3 Å². The highest BCUT2D eigenvalue weighted by atomic mass is 35.5. The first-order chi connectivity index (χ1) is 16.0. The second-order valence-electron chi connectivity index (χ2n) is 9.79. The van der Waals surface area contributed by atoms with Crippen LogP contribution in [0.5, 0.6) is 0 Å². The summed E-state index contributed by atoms with van der Waals surface area (Å²) in [5.74, 6) is 1.01. The summed E-state index contributed by atoms with van der Waals surface area (Å²) in [6.07, 6.45) is 5.67. The Labute approximate surface area is 203 Å². The lowest BCUT2D eigenvalue weighted by molar-refractivity contribution is 0.179. The van der Waals surface area contributed by atoms with Crippen molar-refractivity contribution in [3.8, 4) is 0 Å². The van der Waals surface area contributed by atoms with Crippen molar-refractivity contribution < 1.29 is 0 Å². The number of halogens is 1. The molecule has 2 aromatic rings. The molecule has 174 valence electrons. The maximum atomic E-state index is 6.32. The van der Waals surface area contributed by atoms with Gasteiger partial charge in [0.1, 0.15) is 0 Å². The predicted molar refractivity (Wildman–Crippen MR) is 139 cm³/mol. The first kappa shape index (κ1) is 22.4. The van der Waals surface area contributed by atoms with E-state index in [0.717, 1.165) is 74.9 Å². The molecular formula is C28H35ClN4. The summed E-state index contributed by atoms with van der Waals surface area (Å²) < 4.78 is 0. The standard InChI is InChI=1S/C28H35ClN4/c1-20-28(26-18-25(29)8-9-27(26)31-20)11-15-32(16-12-28)13-4-5-22-6-7-24-19-33(21(2)30-3)14-10-23(24)17-22/h6-9,17-18,30-31H,1-2,4-5,10-16,19H2,3H3. The monoisotopic (exact) mass is 462 g/mol. The largest absolute Gasteiger partial charge is 0.375 e. The molecule has 1 spiro atoms. The van der Waals surface area contributed by atoms with Crippen molar-refractivity contribution in [3.63, 3.8) is 0 Å². The fourth-order valence-electron chi connectivity index (χ4n) is 5.85. The summed E-state index contributed by atoms with van der Waals surface area (Å²) in [7, 11) is 1.94. The van der Waals surface area contributed by atoms with E-state index in [-0.39, 0.29) is 5.41 Å². The zero-order chi connectivity index (χ0) is 23.0. The summed E-state index contributed by atoms with van der Waals surface area (Å²) in [5, 5.41) is 7.51. The molecule has 33 heavy (non-hydrogen) atoms. The molecule has 1 fully saturated rings. The van der Waals surface area contributed by atoms with Gasteiger partial charge in [-0.25, -0.2) is 0 Å². The third kappa shape index (κ3) is 4.27. The molecular weight excluding hydrogens is 428 g/mol. The van der Waals surface area contributed by atoms with Crippen LogP contribution in [0.4, 0.5) is 5.69 Å². The van der Waals surface area contributed by atoms with Crippen molar-refractivity contribution in [2.75, 3.05) is 38.5 Å². The minimum atomic E-state index is 0.0434. The van der Waals surface area contributed by atoms with E-state index in [1.165, 1.54) is 34.4 Å². The van der Waals surface area contributed by atoms with Gasteiger partial charge in [-0.3, -0.25) is 0 Å².